The molecule has 0 spiro atoms. The maximum Gasteiger partial charge on any atom is 0.343 e. The lowest BCUT2D eigenvalue weighted by atomic mass is 10.1. The molecule has 0 unspecified atom stereocenters. The second kappa shape index (κ2) is 7.99. The molecule has 0 aliphatic rings. The summed E-state index contributed by atoms with van der Waals surface area (Å²) in [7, 11) is 0. The topological polar surface area (TPSA) is 35.5 Å². The minimum Gasteiger partial charge on any atom is -0.489 e. The zero-order valence-electron chi connectivity index (χ0n) is 13.7. The van der Waals surface area contributed by atoms with Crippen LogP contribution in [0.25, 0.3) is 0 Å². The second-order valence-electron chi connectivity index (χ2n) is 5.64. The first-order valence-corrected chi connectivity index (χ1v) is 8.65. The largest absolute Gasteiger partial charge is 0.489 e. The smallest absolute Gasteiger partial charge is 0.343 e. The lowest BCUT2D eigenvalue weighted by molar-refractivity contribution is 0.0734. The van der Waals surface area contributed by atoms with Gasteiger partial charge in [-0.05, 0) is 61.0 Å². The molecule has 0 saturated carbocycles. The summed E-state index contributed by atoms with van der Waals surface area (Å²) in [6, 6.07) is 22.3. The Morgan fingerprint density at radius 2 is 1.44 bits per heavy atom. The molecule has 126 valence electrons. The summed E-state index contributed by atoms with van der Waals surface area (Å²) >= 11 is 3.39. The minimum absolute atomic E-state index is 0.371. The number of hydrogen-bond donors (Lipinski definition) is 0. The van der Waals surface area contributed by atoms with Crippen LogP contribution < -0.4 is 9.47 Å². The molecule has 0 saturated heterocycles. The monoisotopic (exact) mass is 396 g/mol. The van der Waals surface area contributed by atoms with Crippen LogP contribution in [0.3, 0.4) is 0 Å². The first-order valence-electron chi connectivity index (χ1n) is 7.86. The van der Waals surface area contributed by atoms with Gasteiger partial charge in [-0.15, -0.1) is 0 Å². The number of hydrogen-bond acceptors (Lipinski definition) is 3. The highest BCUT2D eigenvalue weighted by Gasteiger charge is 2.08. The third-order valence-corrected chi connectivity index (χ3v) is 4.17. The van der Waals surface area contributed by atoms with Crippen molar-refractivity contribution in [2.45, 2.75) is 13.5 Å². The number of carbonyl (C=O) groups excluding carboxylic acids is 1. The van der Waals surface area contributed by atoms with E-state index < -0.39 is 0 Å². The molecule has 0 heterocycles. The molecule has 3 aromatic rings. The van der Waals surface area contributed by atoms with Gasteiger partial charge < -0.3 is 9.47 Å². The Morgan fingerprint density at radius 1 is 0.840 bits per heavy atom. The fourth-order valence-electron chi connectivity index (χ4n) is 2.21. The summed E-state index contributed by atoms with van der Waals surface area (Å²) in [5, 5.41) is 0. The Morgan fingerprint density at radius 3 is 2.08 bits per heavy atom. The first-order chi connectivity index (χ1) is 12.1. The van der Waals surface area contributed by atoms with Gasteiger partial charge in [-0.2, -0.15) is 0 Å². The molecule has 0 N–H and O–H groups in total. The number of carbonyl (C=O) groups is 1. The van der Waals surface area contributed by atoms with E-state index in [4.69, 9.17) is 9.47 Å². The van der Waals surface area contributed by atoms with E-state index in [2.05, 4.69) is 15.9 Å². The maximum atomic E-state index is 12.2. The standard InChI is InChI=1S/C21H17BrO3/c1-15-2-10-20(11-3-15)25-21(23)17-6-4-16(5-7-17)14-24-19-12-8-18(22)9-13-19/h2-13H,14H2,1H3. The van der Waals surface area contributed by atoms with Crippen molar-refractivity contribution >= 4 is 21.9 Å². The SMILES string of the molecule is Cc1ccc(OC(=O)c2ccc(COc3ccc(Br)cc3)cc2)cc1. The zero-order chi connectivity index (χ0) is 17.6. The van der Waals surface area contributed by atoms with Gasteiger partial charge in [-0.3, -0.25) is 0 Å². The average Bonchev–Trinajstić information content (AvgIpc) is 2.63. The van der Waals surface area contributed by atoms with Gasteiger partial charge in [0.15, 0.2) is 0 Å². The number of esters is 1. The molecule has 0 fully saturated rings. The van der Waals surface area contributed by atoms with Crippen molar-refractivity contribution in [1.29, 1.82) is 0 Å². The Balaban J connectivity index is 1.58. The van der Waals surface area contributed by atoms with E-state index in [0.717, 1.165) is 21.3 Å². The Kier molecular flexibility index (Phi) is 5.51. The zero-order valence-corrected chi connectivity index (χ0v) is 15.3. The Bertz CT molecular complexity index is 838. The van der Waals surface area contributed by atoms with E-state index in [-0.39, 0.29) is 5.97 Å². The van der Waals surface area contributed by atoms with Crippen LogP contribution in [0.15, 0.2) is 77.3 Å². The molecule has 25 heavy (non-hydrogen) atoms. The van der Waals surface area contributed by atoms with Crippen molar-refractivity contribution < 1.29 is 14.3 Å². The lowest BCUT2D eigenvalue weighted by Gasteiger charge is -2.08. The molecule has 0 amide bonds. The van der Waals surface area contributed by atoms with Gasteiger partial charge in [0.05, 0.1) is 5.56 Å². The van der Waals surface area contributed by atoms with Gasteiger partial charge in [0, 0.05) is 4.47 Å². The molecule has 4 heteroatoms. The third-order valence-electron chi connectivity index (χ3n) is 3.64. The van der Waals surface area contributed by atoms with Crippen molar-refractivity contribution in [2.24, 2.45) is 0 Å². The van der Waals surface area contributed by atoms with Crippen molar-refractivity contribution in [3.63, 3.8) is 0 Å². The van der Waals surface area contributed by atoms with E-state index in [1.165, 1.54) is 0 Å². The van der Waals surface area contributed by atoms with Crippen LogP contribution in [-0.4, -0.2) is 5.97 Å². The molecule has 0 radical (unpaired) electrons. The molecule has 0 aliphatic carbocycles. The molecule has 3 nitrogen and oxygen atoms in total. The van der Waals surface area contributed by atoms with Gasteiger partial charge in [-0.1, -0.05) is 45.8 Å². The average molecular weight is 397 g/mol. The van der Waals surface area contributed by atoms with E-state index in [9.17, 15) is 4.79 Å². The summed E-state index contributed by atoms with van der Waals surface area (Å²) in [4.78, 5) is 12.2. The molecule has 0 aromatic heterocycles. The highest BCUT2D eigenvalue weighted by molar-refractivity contribution is 9.10. The van der Waals surface area contributed by atoms with Gasteiger partial charge in [0.25, 0.3) is 0 Å². The summed E-state index contributed by atoms with van der Waals surface area (Å²) in [6.45, 7) is 2.43. The van der Waals surface area contributed by atoms with Gasteiger partial charge in [0.2, 0.25) is 0 Å². The van der Waals surface area contributed by atoms with E-state index >= 15 is 0 Å². The fourth-order valence-corrected chi connectivity index (χ4v) is 2.47. The minimum atomic E-state index is -0.371. The van der Waals surface area contributed by atoms with Crippen LogP contribution in [0.4, 0.5) is 0 Å². The first kappa shape index (κ1) is 17.2. The number of rotatable bonds is 5. The van der Waals surface area contributed by atoms with E-state index in [0.29, 0.717) is 17.9 Å². The summed E-state index contributed by atoms with van der Waals surface area (Å²) < 4.78 is 12.1. The highest BCUT2D eigenvalue weighted by atomic mass is 79.9. The third kappa shape index (κ3) is 4.94. The van der Waals surface area contributed by atoms with Crippen LogP contribution >= 0.6 is 15.9 Å². The normalized spacial score (nSPS) is 10.3. The Hall–Kier alpha value is -2.59. The highest BCUT2D eigenvalue weighted by Crippen LogP contribution is 2.18. The van der Waals surface area contributed by atoms with Crippen LogP contribution in [0.2, 0.25) is 0 Å². The molecular formula is C21H17BrO3. The van der Waals surface area contributed by atoms with E-state index in [1.54, 1.807) is 24.3 Å². The van der Waals surface area contributed by atoms with Crippen molar-refractivity contribution in [3.8, 4) is 11.5 Å². The second-order valence-corrected chi connectivity index (χ2v) is 6.56. The van der Waals surface area contributed by atoms with Crippen molar-refractivity contribution in [3.05, 3.63) is 94.0 Å². The summed E-state index contributed by atoms with van der Waals surface area (Å²) in [6.07, 6.45) is 0. The Labute approximate surface area is 155 Å². The van der Waals surface area contributed by atoms with Gasteiger partial charge >= 0.3 is 5.97 Å². The predicted octanol–water partition coefficient (Wildman–Crippen LogP) is 5.56. The maximum absolute atomic E-state index is 12.2. The molecule has 3 rings (SSSR count). The van der Waals surface area contributed by atoms with Crippen LogP contribution in [-0.2, 0) is 6.61 Å². The van der Waals surface area contributed by atoms with Crippen LogP contribution in [0.1, 0.15) is 21.5 Å². The van der Waals surface area contributed by atoms with Crippen LogP contribution in [0.5, 0.6) is 11.5 Å². The number of ether oxygens (including phenoxy) is 2. The molecule has 0 aliphatic heterocycles. The lowest BCUT2D eigenvalue weighted by Crippen LogP contribution is -2.08. The van der Waals surface area contributed by atoms with Gasteiger partial charge in [0.1, 0.15) is 18.1 Å². The summed E-state index contributed by atoms with van der Waals surface area (Å²) in [5.41, 5.74) is 2.61. The molecule has 0 bridgehead atoms. The van der Waals surface area contributed by atoms with Crippen molar-refractivity contribution in [1.82, 2.24) is 0 Å². The van der Waals surface area contributed by atoms with Gasteiger partial charge in [-0.25, -0.2) is 4.79 Å². The molecule has 3 aromatic carbocycles. The molecule has 0 atom stereocenters. The van der Waals surface area contributed by atoms with E-state index in [1.807, 2.05) is 55.5 Å². The fraction of sp³-hybridized carbons (Fsp3) is 0.0952. The predicted molar refractivity (Wildman–Crippen MR) is 101 cm³/mol. The quantitative estimate of drug-likeness (QED) is 0.418. The number of aryl methyl sites for hydroxylation is 1. The number of benzene rings is 3. The summed E-state index contributed by atoms with van der Waals surface area (Å²) in [5.74, 6) is 0.966. The molecular weight excluding hydrogens is 380 g/mol. The van der Waals surface area contributed by atoms with Crippen molar-refractivity contribution in [2.75, 3.05) is 0 Å². The number of halogens is 1. The van der Waals surface area contributed by atoms with Crippen LogP contribution in [0, 0.1) is 6.92 Å².